The predicted molar refractivity (Wildman–Crippen MR) is 92.4 cm³/mol. The number of aromatic nitrogens is 2. The largest absolute Gasteiger partial charge is 0.370 e. The van der Waals surface area contributed by atoms with Crippen LogP contribution < -0.4 is 10.6 Å². The molecule has 1 saturated heterocycles. The molecule has 2 N–H and O–H groups in total. The number of ether oxygens (including phenoxy) is 1. The van der Waals surface area contributed by atoms with Gasteiger partial charge in [-0.15, -0.1) is 10.2 Å². The molecule has 1 aliphatic rings. The van der Waals surface area contributed by atoms with E-state index in [1.807, 2.05) is 4.90 Å². The van der Waals surface area contributed by atoms with Crippen LogP contribution in [0.5, 0.6) is 0 Å². The van der Waals surface area contributed by atoms with Crippen LogP contribution in [0, 0.1) is 13.8 Å². The molecule has 0 bridgehead atoms. The van der Waals surface area contributed by atoms with Gasteiger partial charge < -0.3 is 15.4 Å². The molecule has 2 aromatic rings. The lowest BCUT2D eigenvalue weighted by atomic mass is 10.00. The second-order valence-electron chi connectivity index (χ2n) is 5.93. The Kier molecular flexibility index (Phi) is 4.69. The number of primary amides is 1. The van der Waals surface area contributed by atoms with E-state index in [0.717, 1.165) is 5.56 Å². The first kappa shape index (κ1) is 16.7. The fourth-order valence-corrected chi connectivity index (χ4v) is 3.14. The lowest BCUT2D eigenvalue weighted by molar-refractivity contribution is 0.0390. The molecular formula is C17H19ClN4O2. The van der Waals surface area contributed by atoms with Gasteiger partial charge in [0, 0.05) is 13.1 Å². The van der Waals surface area contributed by atoms with Crippen LogP contribution in [0.15, 0.2) is 24.3 Å². The van der Waals surface area contributed by atoms with Gasteiger partial charge in [-0.1, -0.05) is 35.4 Å². The van der Waals surface area contributed by atoms with Crippen LogP contribution in [0.1, 0.15) is 33.2 Å². The molecule has 7 heteroatoms. The maximum atomic E-state index is 11.7. The van der Waals surface area contributed by atoms with Crippen molar-refractivity contribution in [3.63, 3.8) is 0 Å². The molecule has 0 aliphatic carbocycles. The Hall–Kier alpha value is -2.18. The van der Waals surface area contributed by atoms with Crippen molar-refractivity contribution < 1.29 is 9.53 Å². The fraction of sp³-hybridized carbons (Fsp3) is 0.353. The Morgan fingerprint density at radius 1 is 1.33 bits per heavy atom. The van der Waals surface area contributed by atoms with Crippen molar-refractivity contribution in [1.29, 1.82) is 0 Å². The average Bonchev–Trinajstić information content (AvgIpc) is 2.55. The Morgan fingerprint density at radius 3 is 2.83 bits per heavy atom. The first-order valence-electron chi connectivity index (χ1n) is 7.72. The van der Waals surface area contributed by atoms with Crippen molar-refractivity contribution in [2.24, 2.45) is 5.73 Å². The summed E-state index contributed by atoms with van der Waals surface area (Å²) in [6.07, 6.45) is -0.0995. The Bertz CT molecular complexity index is 781. The number of halogens is 1. The molecule has 0 saturated carbocycles. The maximum Gasteiger partial charge on any atom is 0.252 e. The van der Waals surface area contributed by atoms with E-state index in [0.29, 0.717) is 25.5 Å². The topological polar surface area (TPSA) is 81.3 Å². The van der Waals surface area contributed by atoms with Crippen LogP contribution in [0.3, 0.4) is 0 Å². The molecule has 1 atom stereocenters. The number of anilines is 1. The highest BCUT2D eigenvalue weighted by atomic mass is 35.5. The predicted octanol–water partition coefficient (Wildman–Crippen LogP) is 2.42. The summed E-state index contributed by atoms with van der Waals surface area (Å²) in [7, 11) is 0. The summed E-state index contributed by atoms with van der Waals surface area (Å²) in [6.45, 7) is 5.84. The number of amides is 1. The van der Waals surface area contributed by atoms with Crippen LogP contribution in [-0.2, 0) is 4.74 Å². The third-order valence-electron chi connectivity index (χ3n) is 4.15. The van der Waals surface area contributed by atoms with Gasteiger partial charge >= 0.3 is 0 Å². The number of morpholine rings is 1. The highest BCUT2D eigenvalue weighted by Crippen LogP contribution is 2.29. The molecule has 1 aromatic heterocycles. The van der Waals surface area contributed by atoms with E-state index in [9.17, 15) is 4.79 Å². The standard InChI is InChI=1S/C17H19ClN4O2/c1-10-3-4-12(11(2)7-10)14-9-22(5-6-24-14)17-13(16(19)23)8-15(18)20-21-17/h3-4,7-8,14H,5-6,9H2,1-2H3,(H2,19,23)/t14-/m0/s1. The molecule has 1 fully saturated rings. The van der Waals surface area contributed by atoms with Crippen molar-refractivity contribution >= 4 is 23.3 Å². The van der Waals surface area contributed by atoms with E-state index in [-0.39, 0.29) is 16.8 Å². The SMILES string of the molecule is Cc1ccc([C@@H]2CN(c3nnc(Cl)cc3C(N)=O)CCO2)c(C)c1. The lowest BCUT2D eigenvalue weighted by Gasteiger charge is -2.35. The molecular weight excluding hydrogens is 328 g/mol. The second kappa shape index (κ2) is 6.75. The number of carbonyl (C=O) groups is 1. The van der Waals surface area contributed by atoms with E-state index < -0.39 is 5.91 Å². The number of benzene rings is 1. The smallest absolute Gasteiger partial charge is 0.252 e. The highest BCUT2D eigenvalue weighted by Gasteiger charge is 2.27. The minimum atomic E-state index is -0.573. The van der Waals surface area contributed by atoms with Gasteiger partial charge in [0.05, 0.1) is 12.2 Å². The molecule has 3 rings (SSSR count). The highest BCUT2D eigenvalue weighted by molar-refractivity contribution is 6.29. The molecule has 1 aromatic carbocycles. The number of rotatable bonds is 3. The van der Waals surface area contributed by atoms with Crippen molar-refractivity contribution in [2.45, 2.75) is 20.0 Å². The van der Waals surface area contributed by atoms with Crippen LogP contribution in [-0.4, -0.2) is 35.8 Å². The third-order valence-corrected chi connectivity index (χ3v) is 4.33. The number of carbonyl (C=O) groups excluding carboxylic acids is 1. The van der Waals surface area contributed by atoms with E-state index in [1.165, 1.54) is 17.2 Å². The first-order chi connectivity index (χ1) is 11.5. The molecule has 1 amide bonds. The van der Waals surface area contributed by atoms with Gasteiger partial charge in [0.25, 0.3) is 5.91 Å². The molecule has 6 nitrogen and oxygen atoms in total. The number of hydrogen-bond acceptors (Lipinski definition) is 5. The molecule has 1 aliphatic heterocycles. The van der Waals surface area contributed by atoms with Crippen molar-refractivity contribution in [3.8, 4) is 0 Å². The fourth-order valence-electron chi connectivity index (χ4n) is 2.99. The van der Waals surface area contributed by atoms with Crippen molar-refractivity contribution in [3.05, 3.63) is 51.7 Å². The zero-order valence-electron chi connectivity index (χ0n) is 13.6. The molecule has 24 heavy (non-hydrogen) atoms. The average molecular weight is 347 g/mol. The van der Waals surface area contributed by atoms with E-state index in [4.69, 9.17) is 22.1 Å². The minimum absolute atomic E-state index is 0.0995. The quantitative estimate of drug-likeness (QED) is 0.923. The van der Waals surface area contributed by atoms with Crippen molar-refractivity contribution in [1.82, 2.24) is 10.2 Å². The van der Waals surface area contributed by atoms with Gasteiger partial charge in [0.1, 0.15) is 6.10 Å². The molecule has 126 valence electrons. The molecule has 0 radical (unpaired) electrons. The number of aryl methyl sites for hydroxylation is 2. The molecule has 2 heterocycles. The van der Waals surface area contributed by atoms with Gasteiger partial charge in [0.2, 0.25) is 0 Å². The monoisotopic (exact) mass is 346 g/mol. The summed E-state index contributed by atoms with van der Waals surface area (Å²) >= 11 is 5.84. The van der Waals surface area contributed by atoms with E-state index >= 15 is 0 Å². The summed E-state index contributed by atoms with van der Waals surface area (Å²) in [5.74, 6) is -0.124. The Balaban J connectivity index is 1.90. The summed E-state index contributed by atoms with van der Waals surface area (Å²) in [5.41, 5.74) is 9.25. The van der Waals surface area contributed by atoms with Gasteiger partial charge in [-0.05, 0) is 31.0 Å². The second-order valence-corrected chi connectivity index (χ2v) is 6.32. The Morgan fingerprint density at radius 2 is 2.12 bits per heavy atom. The van der Waals surface area contributed by atoms with Crippen LogP contribution in [0.4, 0.5) is 5.82 Å². The maximum absolute atomic E-state index is 11.7. The number of hydrogen-bond donors (Lipinski definition) is 1. The van der Waals surface area contributed by atoms with Crippen molar-refractivity contribution in [2.75, 3.05) is 24.6 Å². The van der Waals surface area contributed by atoms with Gasteiger partial charge in [-0.25, -0.2) is 0 Å². The zero-order chi connectivity index (χ0) is 17.3. The van der Waals surface area contributed by atoms with Crippen LogP contribution in [0.2, 0.25) is 5.15 Å². The molecule has 0 unspecified atom stereocenters. The zero-order valence-corrected chi connectivity index (χ0v) is 14.4. The number of nitrogens with zero attached hydrogens (tertiary/aromatic N) is 3. The van der Waals surface area contributed by atoms with E-state index in [1.54, 1.807) is 0 Å². The summed E-state index contributed by atoms with van der Waals surface area (Å²) in [4.78, 5) is 13.7. The minimum Gasteiger partial charge on any atom is -0.370 e. The van der Waals surface area contributed by atoms with E-state index in [2.05, 4.69) is 42.2 Å². The van der Waals surface area contributed by atoms with Gasteiger partial charge in [-0.2, -0.15) is 0 Å². The lowest BCUT2D eigenvalue weighted by Crippen LogP contribution is -2.40. The van der Waals surface area contributed by atoms with Crippen LogP contribution >= 0.6 is 11.6 Å². The third kappa shape index (κ3) is 3.34. The summed E-state index contributed by atoms with van der Waals surface area (Å²) < 4.78 is 5.93. The summed E-state index contributed by atoms with van der Waals surface area (Å²) in [6, 6.07) is 7.74. The van der Waals surface area contributed by atoms with Gasteiger partial charge in [0.15, 0.2) is 11.0 Å². The Labute approximate surface area is 145 Å². The normalized spacial score (nSPS) is 17.8. The van der Waals surface area contributed by atoms with Gasteiger partial charge in [-0.3, -0.25) is 4.79 Å². The first-order valence-corrected chi connectivity index (χ1v) is 8.10. The summed E-state index contributed by atoms with van der Waals surface area (Å²) in [5, 5.41) is 8.07. The number of nitrogens with two attached hydrogens (primary N) is 1. The molecule has 0 spiro atoms. The van der Waals surface area contributed by atoms with Crippen LogP contribution in [0.25, 0.3) is 0 Å².